The molecular weight excluding hydrogens is 264 g/mol. The number of rotatable bonds is 7. The number of benzene rings is 2. The van der Waals surface area contributed by atoms with E-state index in [4.69, 9.17) is 5.84 Å². The van der Waals surface area contributed by atoms with E-state index >= 15 is 0 Å². The van der Waals surface area contributed by atoms with Crippen LogP contribution in [-0.2, 0) is 6.42 Å². The van der Waals surface area contributed by atoms with Crippen molar-refractivity contribution in [2.45, 2.75) is 30.7 Å². The molecule has 0 saturated heterocycles. The molecule has 2 rings (SSSR count). The molecule has 0 amide bonds. The molecule has 0 saturated carbocycles. The fraction of sp³-hybridized carbons (Fsp3) is 0.294. The average Bonchev–Trinajstić information content (AvgIpc) is 2.50. The first-order chi connectivity index (χ1) is 9.79. The molecule has 0 aliphatic heterocycles. The van der Waals surface area contributed by atoms with Crippen LogP contribution < -0.4 is 11.3 Å². The Bertz CT molecular complexity index is 513. The molecule has 20 heavy (non-hydrogen) atoms. The highest BCUT2D eigenvalue weighted by molar-refractivity contribution is 7.99. The summed E-state index contributed by atoms with van der Waals surface area (Å²) in [7, 11) is 0. The third-order valence-electron chi connectivity index (χ3n) is 3.39. The molecule has 0 fully saturated rings. The molecule has 2 aromatic rings. The molecule has 0 radical (unpaired) electrons. The van der Waals surface area contributed by atoms with Crippen molar-refractivity contribution in [3.63, 3.8) is 0 Å². The fourth-order valence-electron chi connectivity index (χ4n) is 2.11. The summed E-state index contributed by atoms with van der Waals surface area (Å²) in [6.07, 6.45) is 2.11. The van der Waals surface area contributed by atoms with Crippen LogP contribution in [0.25, 0.3) is 0 Å². The number of aryl methyl sites for hydroxylation is 2. The second-order valence-electron chi connectivity index (χ2n) is 4.96. The smallest absolute Gasteiger partial charge is 0.0307 e. The summed E-state index contributed by atoms with van der Waals surface area (Å²) in [4.78, 5) is 1.34. The Morgan fingerprint density at radius 1 is 1.05 bits per heavy atom. The monoisotopic (exact) mass is 286 g/mol. The number of hydrogen-bond acceptors (Lipinski definition) is 3. The highest BCUT2D eigenvalue weighted by Gasteiger charge is 2.08. The fourth-order valence-corrected chi connectivity index (χ4v) is 3.22. The van der Waals surface area contributed by atoms with Crippen LogP contribution in [0.3, 0.4) is 0 Å². The average molecular weight is 286 g/mol. The number of thioether (sulfide) groups is 1. The van der Waals surface area contributed by atoms with Gasteiger partial charge >= 0.3 is 0 Å². The standard InChI is InChI=1S/C17H22N2S/c1-14-7-5-6-10-17(14)20-13-16(19-18)12-11-15-8-3-2-4-9-15/h2-10,16,19H,11-13,18H2,1H3. The topological polar surface area (TPSA) is 38.0 Å². The van der Waals surface area contributed by atoms with Crippen LogP contribution in [0.1, 0.15) is 17.5 Å². The van der Waals surface area contributed by atoms with Crippen molar-refractivity contribution >= 4 is 11.8 Å². The highest BCUT2D eigenvalue weighted by Crippen LogP contribution is 2.23. The highest BCUT2D eigenvalue weighted by atomic mass is 32.2. The van der Waals surface area contributed by atoms with Gasteiger partial charge in [0, 0.05) is 16.7 Å². The van der Waals surface area contributed by atoms with E-state index in [0.29, 0.717) is 6.04 Å². The molecule has 3 N–H and O–H groups in total. The molecule has 0 aliphatic carbocycles. The molecule has 0 aromatic heterocycles. The number of nitrogens with one attached hydrogen (secondary N) is 1. The van der Waals surface area contributed by atoms with Gasteiger partial charge < -0.3 is 0 Å². The van der Waals surface area contributed by atoms with Crippen molar-refractivity contribution in [2.24, 2.45) is 5.84 Å². The Hall–Kier alpha value is -1.29. The van der Waals surface area contributed by atoms with E-state index < -0.39 is 0 Å². The van der Waals surface area contributed by atoms with Gasteiger partial charge in [-0.15, -0.1) is 11.8 Å². The quantitative estimate of drug-likeness (QED) is 0.464. The maximum Gasteiger partial charge on any atom is 0.0307 e. The largest absolute Gasteiger partial charge is 0.271 e. The van der Waals surface area contributed by atoms with Crippen LogP contribution in [0.15, 0.2) is 59.5 Å². The minimum absolute atomic E-state index is 0.333. The summed E-state index contributed by atoms with van der Waals surface area (Å²) >= 11 is 1.87. The minimum Gasteiger partial charge on any atom is -0.271 e. The van der Waals surface area contributed by atoms with Crippen molar-refractivity contribution in [3.05, 3.63) is 65.7 Å². The summed E-state index contributed by atoms with van der Waals surface area (Å²) in [5.41, 5.74) is 5.64. The first-order valence-corrected chi connectivity index (χ1v) is 7.96. The molecule has 106 valence electrons. The first-order valence-electron chi connectivity index (χ1n) is 6.98. The predicted molar refractivity (Wildman–Crippen MR) is 87.8 cm³/mol. The summed E-state index contributed by atoms with van der Waals surface area (Å²) in [5.74, 6) is 6.67. The predicted octanol–water partition coefficient (Wildman–Crippen LogP) is 3.55. The molecule has 3 heteroatoms. The lowest BCUT2D eigenvalue weighted by atomic mass is 10.1. The number of hydrogen-bond donors (Lipinski definition) is 2. The van der Waals surface area contributed by atoms with Gasteiger partial charge in [0.05, 0.1) is 0 Å². The van der Waals surface area contributed by atoms with Crippen LogP contribution in [0.4, 0.5) is 0 Å². The third kappa shape index (κ3) is 4.67. The molecule has 1 atom stereocenters. The lowest BCUT2D eigenvalue weighted by molar-refractivity contribution is 0.539. The molecule has 0 aliphatic rings. The SMILES string of the molecule is Cc1ccccc1SCC(CCc1ccccc1)NN. The Morgan fingerprint density at radius 3 is 2.45 bits per heavy atom. The van der Waals surface area contributed by atoms with Crippen LogP contribution >= 0.6 is 11.8 Å². The zero-order chi connectivity index (χ0) is 14.2. The van der Waals surface area contributed by atoms with E-state index in [2.05, 4.69) is 66.9 Å². The van der Waals surface area contributed by atoms with Gasteiger partial charge in [-0.3, -0.25) is 11.3 Å². The van der Waals surface area contributed by atoms with Gasteiger partial charge in [0.2, 0.25) is 0 Å². The van der Waals surface area contributed by atoms with Crippen LogP contribution in [0, 0.1) is 6.92 Å². The Morgan fingerprint density at radius 2 is 1.75 bits per heavy atom. The van der Waals surface area contributed by atoms with Gasteiger partial charge in [-0.2, -0.15) is 0 Å². The van der Waals surface area contributed by atoms with Crippen molar-refractivity contribution < 1.29 is 0 Å². The normalized spacial score (nSPS) is 12.3. The van der Waals surface area contributed by atoms with Gasteiger partial charge in [-0.05, 0) is 37.0 Å². The van der Waals surface area contributed by atoms with Gasteiger partial charge in [0.1, 0.15) is 0 Å². The molecule has 0 heterocycles. The van der Waals surface area contributed by atoms with E-state index in [-0.39, 0.29) is 0 Å². The third-order valence-corrected chi connectivity index (χ3v) is 4.73. The molecule has 0 bridgehead atoms. The lowest BCUT2D eigenvalue weighted by Gasteiger charge is -2.16. The zero-order valence-corrected chi connectivity index (χ0v) is 12.7. The summed E-state index contributed by atoms with van der Waals surface area (Å²) in [6.45, 7) is 2.15. The van der Waals surface area contributed by atoms with Crippen molar-refractivity contribution in [1.82, 2.24) is 5.43 Å². The summed E-state index contributed by atoms with van der Waals surface area (Å²) in [5, 5.41) is 0. The van der Waals surface area contributed by atoms with Crippen molar-refractivity contribution in [3.8, 4) is 0 Å². The van der Waals surface area contributed by atoms with Crippen molar-refractivity contribution in [1.29, 1.82) is 0 Å². The summed E-state index contributed by atoms with van der Waals surface area (Å²) in [6, 6.07) is 19.4. The van der Waals surface area contributed by atoms with Gasteiger partial charge in [0.15, 0.2) is 0 Å². The number of hydrazine groups is 1. The lowest BCUT2D eigenvalue weighted by Crippen LogP contribution is -2.37. The molecule has 2 aromatic carbocycles. The second-order valence-corrected chi connectivity index (χ2v) is 6.03. The van der Waals surface area contributed by atoms with Crippen LogP contribution in [0.5, 0.6) is 0 Å². The summed E-state index contributed by atoms with van der Waals surface area (Å²) < 4.78 is 0. The van der Waals surface area contributed by atoms with Gasteiger partial charge in [0.25, 0.3) is 0 Å². The van der Waals surface area contributed by atoms with Gasteiger partial charge in [-0.25, -0.2) is 0 Å². The first kappa shape index (κ1) is 15.1. The zero-order valence-electron chi connectivity index (χ0n) is 11.9. The Balaban J connectivity index is 1.82. The van der Waals surface area contributed by atoms with E-state index in [1.54, 1.807) is 0 Å². The molecule has 2 nitrogen and oxygen atoms in total. The van der Waals surface area contributed by atoms with E-state index in [1.807, 2.05) is 11.8 Å². The number of nitrogens with two attached hydrogens (primary N) is 1. The van der Waals surface area contributed by atoms with E-state index in [0.717, 1.165) is 18.6 Å². The molecule has 0 spiro atoms. The molecule has 1 unspecified atom stereocenters. The second kappa shape index (κ2) is 8.10. The minimum atomic E-state index is 0.333. The maximum absolute atomic E-state index is 5.68. The Labute approximate surface area is 125 Å². The van der Waals surface area contributed by atoms with Crippen LogP contribution in [0.2, 0.25) is 0 Å². The van der Waals surface area contributed by atoms with Crippen molar-refractivity contribution in [2.75, 3.05) is 5.75 Å². The Kier molecular flexibility index (Phi) is 6.12. The molecular formula is C17H22N2S. The maximum atomic E-state index is 5.68. The van der Waals surface area contributed by atoms with E-state index in [1.165, 1.54) is 16.0 Å². The van der Waals surface area contributed by atoms with Crippen LogP contribution in [-0.4, -0.2) is 11.8 Å². The van der Waals surface area contributed by atoms with Gasteiger partial charge in [-0.1, -0.05) is 48.5 Å². The van der Waals surface area contributed by atoms with E-state index in [9.17, 15) is 0 Å².